The van der Waals surface area contributed by atoms with Gasteiger partial charge in [-0.05, 0) is 63.4 Å². The summed E-state index contributed by atoms with van der Waals surface area (Å²) in [7, 11) is -0.720. The third-order valence-electron chi connectivity index (χ3n) is 8.73. The van der Waals surface area contributed by atoms with Crippen LogP contribution in [0.15, 0.2) is 53.9 Å². The zero-order valence-electron chi connectivity index (χ0n) is 29.0. The average Bonchev–Trinajstić information content (AvgIpc) is 3.75. The van der Waals surface area contributed by atoms with Crippen molar-refractivity contribution in [3.05, 3.63) is 54.5 Å². The van der Waals surface area contributed by atoms with Gasteiger partial charge >= 0.3 is 6.03 Å². The van der Waals surface area contributed by atoms with E-state index in [-0.39, 0.29) is 49.1 Å². The van der Waals surface area contributed by atoms with Crippen LogP contribution in [0.3, 0.4) is 0 Å². The number of likely N-dealkylation sites (N-methyl/N-ethyl adjacent to an activating group) is 1. The molecule has 3 N–H and O–H groups in total. The Balaban J connectivity index is 1.39. The summed E-state index contributed by atoms with van der Waals surface area (Å²) >= 11 is 0. The van der Waals surface area contributed by atoms with Crippen LogP contribution >= 0.6 is 0 Å². The Labute approximate surface area is 292 Å². The number of ether oxygens (including phenoxy) is 4. The fourth-order valence-electron chi connectivity index (χ4n) is 5.76. The van der Waals surface area contributed by atoms with E-state index in [9.17, 15) is 23.1 Å². The van der Waals surface area contributed by atoms with Gasteiger partial charge in [0.1, 0.15) is 5.75 Å². The van der Waals surface area contributed by atoms with Gasteiger partial charge in [0.05, 0.1) is 36.7 Å². The Morgan fingerprint density at radius 1 is 1.08 bits per heavy atom. The largest absolute Gasteiger partial charge is 0.490 e. The normalized spacial score (nSPS) is 20.8. The van der Waals surface area contributed by atoms with Gasteiger partial charge in [0.2, 0.25) is 6.79 Å². The second-order valence-electron chi connectivity index (χ2n) is 12.8. The van der Waals surface area contributed by atoms with Gasteiger partial charge in [-0.25, -0.2) is 18.2 Å². The van der Waals surface area contributed by atoms with Crippen molar-refractivity contribution in [3.63, 3.8) is 0 Å². The average molecular weight is 715 g/mol. The minimum Gasteiger partial charge on any atom is -0.490 e. The van der Waals surface area contributed by atoms with Crippen LogP contribution in [-0.4, -0.2) is 103 Å². The number of anilines is 2. The molecule has 50 heavy (non-hydrogen) atoms. The molecular weight excluding hydrogens is 668 g/mol. The second-order valence-corrected chi connectivity index (χ2v) is 14.8. The number of urea groups is 1. The number of rotatable bonds is 8. The van der Waals surface area contributed by atoms with Crippen LogP contribution in [0.2, 0.25) is 0 Å². The first-order chi connectivity index (χ1) is 23.8. The van der Waals surface area contributed by atoms with Gasteiger partial charge in [0.15, 0.2) is 16.5 Å². The number of fused-ring (bicyclic) bond motifs is 2. The van der Waals surface area contributed by atoms with Crippen LogP contribution in [0.25, 0.3) is 0 Å². The summed E-state index contributed by atoms with van der Waals surface area (Å²) in [4.78, 5) is 32.9. The smallest absolute Gasteiger partial charge is 0.323 e. The number of carbonyl (C=O) groups is 2. The molecule has 0 unspecified atom stereocenters. The Morgan fingerprint density at radius 3 is 2.48 bits per heavy atom. The molecule has 2 aliphatic rings. The highest BCUT2D eigenvalue weighted by Crippen LogP contribution is 2.34. The number of benzene rings is 2. The van der Waals surface area contributed by atoms with Crippen molar-refractivity contribution in [1.29, 1.82) is 0 Å². The van der Waals surface area contributed by atoms with Crippen LogP contribution in [0.4, 0.5) is 16.2 Å². The predicted octanol–water partition coefficient (Wildman–Crippen LogP) is 3.91. The number of aryl methyl sites for hydroxylation is 1. The first-order valence-electron chi connectivity index (χ1n) is 16.6. The van der Waals surface area contributed by atoms with Crippen molar-refractivity contribution in [3.8, 4) is 17.2 Å². The molecule has 0 spiro atoms. The zero-order chi connectivity index (χ0) is 36.0. The van der Waals surface area contributed by atoms with E-state index in [0.29, 0.717) is 41.7 Å². The summed E-state index contributed by atoms with van der Waals surface area (Å²) in [5.41, 5.74) is 1.04. The van der Waals surface area contributed by atoms with Crippen LogP contribution in [-0.2, 0) is 21.8 Å². The molecule has 2 aromatic carbocycles. The molecule has 15 nitrogen and oxygen atoms in total. The number of imidazole rings is 1. The lowest BCUT2D eigenvalue weighted by molar-refractivity contribution is -0.00835. The molecular formula is C34H46N6O9S. The number of aromatic nitrogens is 2. The fraction of sp³-hybridized carbons (Fsp3) is 0.500. The quantitative estimate of drug-likeness (QED) is 0.311. The molecule has 1 aromatic heterocycles. The minimum absolute atomic E-state index is 0.0261. The van der Waals surface area contributed by atoms with Crippen molar-refractivity contribution in [2.75, 3.05) is 50.8 Å². The van der Waals surface area contributed by atoms with Gasteiger partial charge in [-0.3, -0.25) is 4.79 Å². The van der Waals surface area contributed by atoms with E-state index in [1.54, 1.807) is 54.9 Å². The molecule has 3 aromatic rings. The fourth-order valence-corrected chi connectivity index (χ4v) is 6.91. The zero-order valence-corrected chi connectivity index (χ0v) is 29.8. The van der Waals surface area contributed by atoms with E-state index in [1.807, 2.05) is 13.8 Å². The maximum absolute atomic E-state index is 14.4. The molecule has 4 atom stereocenters. The number of aliphatic hydroxyl groups is 1. The summed E-state index contributed by atoms with van der Waals surface area (Å²) in [5.74, 6) is 0.677. The van der Waals surface area contributed by atoms with E-state index >= 15 is 0 Å². The third kappa shape index (κ3) is 8.85. The van der Waals surface area contributed by atoms with Crippen molar-refractivity contribution in [2.24, 2.45) is 13.0 Å². The Kier molecular flexibility index (Phi) is 11.9. The van der Waals surface area contributed by atoms with Gasteiger partial charge in [-0.2, -0.15) is 4.31 Å². The third-order valence-corrected chi connectivity index (χ3v) is 10.4. The number of carbonyl (C=O) groups excluding carboxylic acids is 2. The number of nitrogens with zero attached hydrogens (tertiary/aromatic N) is 4. The summed E-state index contributed by atoms with van der Waals surface area (Å²) in [6, 6.07) is 8.76. The van der Waals surface area contributed by atoms with E-state index in [4.69, 9.17) is 18.9 Å². The molecule has 2 aliphatic heterocycles. The molecule has 0 saturated heterocycles. The lowest BCUT2D eigenvalue weighted by Crippen LogP contribution is -2.48. The van der Waals surface area contributed by atoms with Crippen molar-refractivity contribution >= 4 is 33.3 Å². The van der Waals surface area contributed by atoms with Gasteiger partial charge in [-0.1, -0.05) is 6.92 Å². The van der Waals surface area contributed by atoms with E-state index in [2.05, 4.69) is 15.6 Å². The van der Waals surface area contributed by atoms with Crippen molar-refractivity contribution in [2.45, 2.75) is 63.3 Å². The topological polar surface area (TPSA) is 174 Å². The van der Waals surface area contributed by atoms with Crippen LogP contribution in [0.1, 0.15) is 50.4 Å². The summed E-state index contributed by atoms with van der Waals surface area (Å²) < 4.78 is 52.7. The standard InChI is InChI=1S/C34H46N6O9S/c1-22-16-40(23(2)19-41)33(42)27-14-25(36-34(43)37-26-10-12-29-30(15-26)48-21-47-29)9-11-28(27)49-24(3)8-6-7-13-46-31(22)17-39(5)50(44,45)32-18-38(4)20-35-32/h9-12,14-15,18,20,22-24,31,41H,6-8,13,16-17,19,21H2,1-5H3,(H2,36,37,43)/t22-,23-,24+,31-/m0/s1. The number of amides is 3. The maximum atomic E-state index is 14.4. The van der Waals surface area contributed by atoms with E-state index in [1.165, 1.54) is 28.8 Å². The Hall–Kier alpha value is -4.38. The Bertz CT molecular complexity index is 1770. The summed E-state index contributed by atoms with van der Waals surface area (Å²) in [6.45, 7) is 5.88. The highest BCUT2D eigenvalue weighted by molar-refractivity contribution is 7.89. The molecule has 0 fully saturated rings. The van der Waals surface area contributed by atoms with Gasteiger partial charge in [0, 0.05) is 63.3 Å². The summed E-state index contributed by atoms with van der Waals surface area (Å²) in [5, 5.41) is 15.7. The highest BCUT2D eigenvalue weighted by Gasteiger charge is 2.33. The maximum Gasteiger partial charge on any atom is 0.323 e. The first-order valence-corrected chi connectivity index (χ1v) is 18.1. The molecule has 0 saturated carbocycles. The SMILES string of the molecule is C[C@@H]1CCCCO[C@@H](CN(C)S(=O)(=O)c2cn(C)cn2)[C@@H](C)CN([C@@H](C)CO)C(=O)c2cc(NC(=O)Nc3ccc4c(c3)OCO4)ccc2O1. The molecule has 3 heterocycles. The molecule has 0 bridgehead atoms. The van der Waals surface area contributed by atoms with E-state index in [0.717, 1.165) is 12.8 Å². The van der Waals surface area contributed by atoms with Gasteiger partial charge < -0.3 is 44.2 Å². The molecule has 5 rings (SSSR count). The lowest BCUT2D eigenvalue weighted by atomic mass is 10.0. The minimum atomic E-state index is -3.90. The number of aliphatic hydroxyl groups excluding tert-OH is 1. The molecule has 3 amide bonds. The van der Waals surface area contributed by atoms with Crippen molar-refractivity contribution in [1.82, 2.24) is 18.8 Å². The predicted molar refractivity (Wildman–Crippen MR) is 185 cm³/mol. The molecule has 0 radical (unpaired) electrons. The highest BCUT2D eigenvalue weighted by atomic mass is 32.2. The molecule has 272 valence electrons. The van der Waals surface area contributed by atoms with Crippen LogP contribution < -0.4 is 24.8 Å². The first kappa shape index (κ1) is 36.9. The van der Waals surface area contributed by atoms with Gasteiger partial charge in [0.25, 0.3) is 15.9 Å². The number of sulfonamides is 1. The lowest BCUT2D eigenvalue weighted by Gasteiger charge is -2.35. The second kappa shape index (κ2) is 16.1. The summed E-state index contributed by atoms with van der Waals surface area (Å²) in [6.07, 6.45) is 4.22. The molecule has 0 aliphatic carbocycles. The van der Waals surface area contributed by atoms with Gasteiger partial charge in [-0.15, -0.1) is 0 Å². The van der Waals surface area contributed by atoms with Crippen LogP contribution in [0.5, 0.6) is 17.2 Å². The number of hydrogen-bond acceptors (Lipinski definition) is 10. The number of nitrogens with one attached hydrogen (secondary N) is 2. The van der Waals surface area contributed by atoms with Crippen LogP contribution in [0, 0.1) is 5.92 Å². The monoisotopic (exact) mass is 714 g/mol. The van der Waals surface area contributed by atoms with Crippen molar-refractivity contribution < 1.29 is 42.1 Å². The molecule has 16 heteroatoms. The Morgan fingerprint density at radius 2 is 1.78 bits per heavy atom. The van der Waals surface area contributed by atoms with E-state index < -0.39 is 34.1 Å². The number of hydrogen-bond donors (Lipinski definition) is 3.